The van der Waals surface area contributed by atoms with Crippen molar-refractivity contribution in [2.45, 2.75) is 11.8 Å². The van der Waals surface area contributed by atoms with Gasteiger partial charge in [-0.15, -0.1) is 0 Å². The average Bonchev–Trinajstić information content (AvgIpc) is 2.81. The lowest BCUT2D eigenvalue weighted by Gasteiger charge is -2.36. The maximum Gasteiger partial charge on any atom is 0.265 e. The molecular weight excluding hydrogens is 415 g/mol. The first-order chi connectivity index (χ1) is 15.0. The van der Waals surface area contributed by atoms with Gasteiger partial charge in [0.1, 0.15) is 16.5 Å². The monoisotopic (exact) mass is 440 g/mol. The van der Waals surface area contributed by atoms with Crippen LogP contribution < -0.4 is 14.1 Å². The van der Waals surface area contributed by atoms with Crippen LogP contribution in [0.15, 0.2) is 77.8 Å². The third kappa shape index (κ3) is 4.34. The molecule has 0 radical (unpaired) electrons. The molecule has 162 valence electrons. The fourth-order valence-corrected chi connectivity index (χ4v) is 5.23. The molecule has 2 aromatic carbocycles. The summed E-state index contributed by atoms with van der Waals surface area (Å²) in [5, 5.41) is 0. The molecule has 0 unspecified atom stereocenters. The van der Waals surface area contributed by atoms with Gasteiger partial charge in [0, 0.05) is 38.9 Å². The number of nitrogens with zero attached hydrogens (tertiary/aromatic N) is 4. The number of piperazine rings is 1. The number of aromatic nitrogens is 1. The zero-order chi connectivity index (χ0) is 21.8. The molecule has 0 N–H and O–H groups in total. The van der Waals surface area contributed by atoms with Gasteiger partial charge < -0.3 is 9.80 Å². The van der Waals surface area contributed by atoms with Crippen LogP contribution in [0.1, 0.15) is 6.92 Å². The number of rotatable bonds is 6. The number of hydrogen-bond acceptors (Lipinski definition) is 5. The van der Waals surface area contributed by atoms with E-state index in [0.29, 0.717) is 44.1 Å². The fraction of sp³-hybridized carbons (Fsp3) is 0.261. The molecule has 0 aliphatic carbocycles. The molecule has 1 fully saturated rings. The van der Waals surface area contributed by atoms with Crippen LogP contribution in [-0.2, 0) is 10.0 Å². The van der Waals surface area contributed by atoms with Crippen LogP contribution in [-0.4, -0.2) is 46.1 Å². The zero-order valence-electron chi connectivity index (χ0n) is 17.4. The summed E-state index contributed by atoms with van der Waals surface area (Å²) in [4.78, 5) is 8.68. The maximum atomic E-state index is 14.0. The molecule has 0 spiro atoms. The van der Waals surface area contributed by atoms with Crippen LogP contribution in [0.5, 0.6) is 0 Å². The Kier molecular flexibility index (Phi) is 6.08. The van der Waals surface area contributed by atoms with E-state index in [2.05, 4.69) is 9.88 Å². The summed E-state index contributed by atoms with van der Waals surface area (Å²) in [6, 6.07) is 19.2. The highest BCUT2D eigenvalue weighted by Gasteiger charge is 2.25. The summed E-state index contributed by atoms with van der Waals surface area (Å²) in [5.41, 5.74) is 1.23. The highest BCUT2D eigenvalue weighted by atomic mass is 32.2. The first kappa shape index (κ1) is 21.1. The van der Waals surface area contributed by atoms with Crippen molar-refractivity contribution in [3.8, 4) is 0 Å². The third-order valence-corrected chi connectivity index (χ3v) is 7.32. The van der Waals surface area contributed by atoms with E-state index in [0.717, 1.165) is 5.82 Å². The number of halogens is 1. The topological polar surface area (TPSA) is 56.8 Å². The summed E-state index contributed by atoms with van der Waals surface area (Å²) in [6.07, 6.45) is 1.42. The van der Waals surface area contributed by atoms with Crippen LogP contribution in [0, 0.1) is 5.82 Å². The molecule has 4 rings (SSSR count). The molecular formula is C23H25FN4O2S. The summed E-state index contributed by atoms with van der Waals surface area (Å²) in [5.74, 6) is 0.498. The lowest BCUT2D eigenvalue weighted by atomic mass is 10.2. The Balaban J connectivity index is 1.47. The first-order valence-electron chi connectivity index (χ1n) is 10.3. The number of sulfonamides is 1. The van der Waals surface area contributed by atoms with E-state index in [9.17, 15) is 12.8 Å². The van der Waals surface area contributed by atoms with Crippen LogP contribution in [0.3, 0.4) is 0 Å². The molecule has 31 heavy (non-hydrogen) atoms. The second-order valence-electron chi connectivity index (χ2n) is 7.28. The Morgan fingerprint density at radius 1 is 0.903 bits per heavy atom. The van der Waals surface area contributed by atoms with Gasteiger partial charge in [-0.1, -0.05) is 30.3 Å². The number of benzene rings is 2. The van der Waals surface area contributed by atoms with Crippen molar-refractivity contribution in [3.05, 3.63) is 78.7 Å². The van der Waals surface area contributed by atoms with E-state index < -0.39 is 10.0 Å². The second kappa shape index (κ2) is 8.93. The summed E-state index contributed by atoms with van der Waals surface area (Å²) >= 11 is 0. The SMILES string of the molecule is CCN(c1ccccc1)S(=O)(=O)c1ccc(N2CCN(c3ccccc3F)CC2)nc1. The van der Waals surface area contributed by atoms with E-state index in [-0.39, 0.29) is 10.7 Å². The van der Waals surface area contributed by atoms with Crippen LogP contribution in [0.4, 0.5) is 21.6 Å². The van der Waals surface area contributed by atoms with Gasteiger partial charge in [0.05, 0.1) is 11.4 Å². The highest BCUT2D eigenvalue weighted by molar-refractivity contribution is 7.92. The van der Waals surface area contributed by atoms with Crippen molar-refractivity contribution in [3.63, 3.8) is 0 Å². The fourth-order valence-electron chi connectivity index (χ4n) is 3.81. The Labute approximate surface area is 182 Å². The van der Waals surface area contributed by atoms with Crippen molar-refractivity contribution >= 4 is 27.2 Å². The van der Waals surface area contributed by atoms with Gasteiger partial charge in [0.25, 0.3) is 10.0 Å². The largest absolute Gasteiger partial charge is 0.366 e. The van der Waals surface area contributed by atoms with Crippen molar-refractivity contribution in [1.29, 1.82) is 0 Å². The van der Waals surface area contributed by atoms with Crippen LogP contribution >= 0.6 is 0 Å². The van der Waals surface area contributed by atoms with Gasteiger partial charge in [-0.25, -0.2) is 17.8 Å². The standard InChI is InChI=1S/C23H25FN4O2S/c1-2-28(19-8-4-3-5-9-19)31(29,30)20-12-13-23(25-18-20)27-16-14-26(15-17-27)22-11-7-6-10-21(22)24/h3-13,18H,2,14-17H2,1H3. The van der Waals surface area contributed by atoms with Crippen LogP contribution in [0.25, 0.3) is 0 Å². The van der Waals surface area contributed by atoms with Gasteiger partial charge in [0.2, 0.25) is 0 Å². The van der Waals surface area contributed by atoms with Crippen molar-refractivity contribution in [1.82, 2.24) is 4.98 Å². The maximum absolute atomic E-state index is 14.0. The second-order valence-corrected chi connectivity index (χ2v) is 9.15. The minimum absolute atomic E-state index is 0.159. The summed E-state index contributed by atoms with van der Waals surface area (Å²) in [6.45, 7) is 4.82. The van der Waals surface area contributed by atoms with E-state index in [1.165, 1.54) is 16.6 Å². The predicted octanol–water partition coefficient (Wildman–Crippen LogP) is 3.76. The van der Waals surface area contributed by atoms with E-state index >= 15 is 0 Å². The average molecular weight is 441 g/mol. The molecule has 1 aromatic heterocycles. The lowest BCUT2D eigenvalue weighted by Crippen LogP contribution is -2.47. The number of pyridine rings is 1. The molecule has 0 saturated carbocycles. The van der Waals surface area contributed by atoms with E-state index in [4.69, 9.17) is 0 Å². The predicted molar refractivity (Wildman–Crippen MR) is 122 cm³/mol. The minimum atomic E-state index is -3.70. The van der Waals surface area contributed by atoms with Gasteiger partial charge >= 0.3 is 0 Å². The van der Waals surface area contributed by atoms with Gasteiger partial charge in [-0.05, 0) is 43.3 Å². The van der Waals surface area contributed by atoms with Crippen LogP contribution in [0.2, 0.25) is 0 Å². The smallest absolute Gasteiger partial charge is 0.265 e. The van der Waals surface area contributed by atoms with E-state index in [1.54, 1.807) is 43.3 Å². The first-order valence-corrected chi connectivity index (χ1v) is 11.7. The zero-order valence-corrected chi connectivity index (χ0v) is 18.2. The summed E-state index contributed by atoms with van der Waals surface area (Å²) in [7, 11) is -3.70. The molecule has 6 nitrogen and oxygen atoms in total. The number of hydrogen-bond donors (Lipinski definition) is 0. The quantitative estimate of drug-likeness (QED) is 0.584. The molecule has 1 aliphatic heterocycles. The normalized spacial score (nSPS) is 14.5. The highest BCUT2D eigenvalue weighted by Crippen LogP contribution is 2.25. The number of para-hydroxylation sites is 2. The van der Waals surface area contributed by atoms with Gasteiger partial charge in [-0.2, -0.15) is 0 Å². The van der Waals surface area contributed by atoms with Crippen molar-refractivity contribution in [2.24, 2.45) is 0 Å². The van der Waals surface area contributed by atoms with Gasteiger partial charge in [-0.3, -0.25) is 4.31 Å². The lowest BCUT2D eigenvalue weighted by molar-refractivity contribution is 0.591. The Morgan fingerprint density at radius 2 is 1.55 bits per heavy atom. The Bertz CT molecular complexity index is 1120. The third-order valence-electron chi connectivity index (χ3n) is 5.44. The van der Waals surface area contributed by atoms with Gasteiger partial charge in [0.15, 0.2) is 0 Å². The van der Waals surface area contributed by atoms with Crippen molar-refractivity contribution < 1.29 is 12.8 Å². The Hall–Kier alpha value is -3.13. The molecule has 1 saturated heterocycles. The Morgan fingerprint density at radius 3 is 2.16 bits per heavy atom. The molecule has 2 heterocycles. The molecule has 0 bridgehead atoms. The molecule has 0 atom stereocenters. The van der Waals surface area contributed by atoms with Crippen molar-refractivity contribution in [2.75, 3.05) is 46.8 Å². The minimum Gasteiger partial charge on any atom is -0.366 e. The number of anilines is 3. The molecule has 0 amide bonds. The summed E-state index contributed by atoms with van der Waals surface area (Å²) < 4.78 is 41.6. The molecule has 8 heteroatoms. The van der Waals surface area contributed by atoms with E-state index in [1.807, 2.05) is 29.2 Å². The molecule has 1 aliphatic rings. The molecule has 3 aromatic rings.